The minimum atomic E-state index is -0.485. The van der Waals surface area contributed by atoms with E-state index in [1.54, 1.807) is 5.57 Å². The van der Waals surface area contributed by atoms with Crippen molar-refractivity contribution in [1.29, 1.82) is 0 Å². The molecule has 0 saturated heterocycles. The summed E-state index contributed by atoms with van der Waals surface area (Å²) in [5.41, 5.74) is 1.72. The number of allylic oxidation sites excluding steroid dienone is 2. The Morgan fingerprint density at radius 2 is 1.95 bits per heavy atom. The molecule has 3 rings (SSSR count). The minimum Gasteiger partial charge on any atom is -0.396 e. The first kappa shape index (κ1) is 15.6. The van der Waals surface area contributed by atoms with Gasteiger partial charge in [-0.3, -0.25) is 0 Å². The predicted molar refractivity (Wildman–Crippen MR) is 85.9 cm³/mol. The van der Waals surface area contributed by atoms with E-state index in [4.69, 9.17) is 0 Å². The van der Waals surface area contributed by atoms with Crippen LogP contribution in [0.3, 0.4) is 0 Å². The van der Waals surface area contributed by atoms with Gasteiger partial charge >= 0.3 is 0 Å². The van der Waals surface area contributed by atoms with Gasteiger partial charge in [-0.25, -0.2) is 0 Å². The van der Waals surface area contributed by atoms with Crippen LogP contribution in [0.4, 0.5) is 0 Å². The van der Waals surface area contributed by atoms with E-state index >= 15 is 0 Å². The van der Waals surface area contributed by atoms with Crippen LogP contribution in [0.5, 0.6) is 0 Å². The molecule has 3 aliphatic rings. The molecule has 21 heavy (non-hydrogen) atoms. The number of fused-ring (bicyclic) bond motifs is 3. The molecule has 2 heteroatoms. The van der Waals surface area contributed by atoms with Crippen LogP contribution in [0.2, 0.25) is 0 Å². The van der Waals surface area contributed by atoms with Gasteiger partial charge in [0.15, 0.2) is 0 Å². The molecule has 3 aliphatic carbocycles. The van der Waals surface area contributed by atoms with E-state index in [1.165, 1.54) is 19.3 Å². The van der Waals surface area contributed by atoms with Crippen molar-refractivity contribution in [1.82, 2.24) is 0 Å². The van der Waals surface area contributed by atoms with Crippen LogP contribution in [0.15, 0.2) is 11.6 Å². The highest BCUT2D eigenvalue weighted by molar-refractivity contribution is 5.23. The number of hydrogen-bond acceptors (Lipinski definition) is 2. The van der Waals surface area contributed by atoms with Gasteiger partial charge in [0.25, 0.3) is 0 Å². The van der Waals surface area contributed by atoms with Gasteiger partial charge in [-0.05, 0) is 74.5 Å². The molecule has 5 atom stereocenters. The summed E-state index contributed by atoms with van der Waals surface area (Å²) < 4.78 is 0. The van der Waals surface area contributed by atoms with Crippen LogP contribution >= 0.6 is 0 Å². The van der Waals surface area contributed by atoms with Crippen molar-refractivity contribution in [2.24, 2.45) is 22.7 Å². The summed E-state index contributed by atoms with van der Waals surface area (Å²) in [7, 11) is 0. The Balaban J connectivity index is 1.88. The highest BCUT2D eigenvalue weighted by Gasteiger charge is 2.55. The van der Waals surface area contributed by atoms with E-state index in [1.807, 2.05) is 0 Å². The lowest BCUT2D eigenvalue weighted by Crippen LogP contribution is -2.54. The third kappa shape index (κ3) is 2.49. The zero-order valence-corrected chi connectivity index (χ0v) is 14.0. The van der Waals surface area contributed by atoms with Crippen molar-refractivity contribution in [2.75, 3.05) is 6.61 Å². The fourth-order valence-electron chi connectivity index (χ4n) is 5.93. The second-order valence-electron chi connectivity index (χ2n) is 8.84. The number of rotatable bonds is 2. The molecule has 0 aromatic rings. The van der Waals surface area contributed by atoms with E-state index in [0.29, 0.717) is 18.4 Å². The SMILES string of the molecule is C[C@]1(CCO)CC[C@H]2C(=CC[C@@H]3[C@]2(C)CCC[C@@]3(C)O)C1. The molecule has 0 bridgehead atoms. The van der Waals surface area contributed by atoms with Gasteiger partial charge in [0.05, 0.1) is 5.60 Å². The van der Waals surface area contributed by atoms with Gasteiger partial charge in [-0.1, -0.05) is 31.9 Å². The van der Waals surface area contributed by atoms with Gasteiger partial charge in [0, 0.05) is 6.61 Å². The summed E-state index contributed by atoms with van der Waals surface area (Å²) in [6.07, 6.45) is 11.4. The van der Waals surface area contributed by atoms with Gasteiger partial charge in [-0.15, -0.1) is 0 Å². The maximum atomic E-state index is 10.8. The van der Waals surface area contributed by atoms with Crippen LogP contribution in [-0.2, 0) is 0 Å². The average molecular weight is 292 g/mol. The van der Waals surface area contributed by atoms with Crippen LogP contribution < -0.4 is 0 Å². The predicted octanol–water partition coefficient (Wildman–Crippen LogP) is 4.06. The molecule has 0 aromatic heterocycles. The lowest BCUT2D eigenvalue weighted by atomic mass is 9.48. The molecule has 2 nitrogen and oxygen atoms in total. The van der Waals surface area contributed by atoms with E-state index in [9.17, 15) is 10.2 Å². The summed E-state index contributed by atoms with van der Waals surface area (Å²) >= 11 is 0. The maximum Gasteiger partial charge on any atom is 0.0656 e. The maximum absolute atomic E-state index is 10.8. The third-order valence-electron chi connectivity index (χ3n) is 7.19. The molecule has 0 spiro atoms. The molecule has 0 amide bonds. The van der Waals surface area contributed by atoms with Gasteiger partial charge in [0.1, 0.15) is 0 Å². The van der Waals surface area contributed by atoms with Crippen molar-refractivity contribution in [3.63, 3.8) is 0 Å². The summed E-state index contributed by atoms with van der Waals surface area (Å²) in [6, 6.07) is 0. The van der Waals surface area contributed by atoms with Crippen LogP contribution in [0.1, 0.15) is 72.1 Å². The van der Waals surface area contributed by atoms with Gasteiger partial charge < -0.3 is 10.2 Å². The first-order valence-corrected chi connectivity index (χ1v) is 8.83. The van der Waals surface area contributed by atoms with Crippen molar-refractivity contribution in [2.45, 2.75) is 77.7 Å². The van der Waals surface area contributed by atoms with Crippen LogP contribution in [0, 0.1) is 22.7 Å². The Bertz CT molecular complexity index is 439. The Hall–Kier alpha value is -0.340. The normalized spacial score (nSPS) is 50.0. The Morgan fingerprint density at radius 3 is 2.67 bits per heavy atom. The van der Waals surface area contributed by atoms with Crippen LogP contribution in [-0.4, -0.2) is 22.4 Å². The van der Waals surface area contributed by atoms with E-state index in [2.05, 4.69) is 26.8 Å². The lowest BCUT2D eigenvalue weighted by Gasteiger charge is -2.58. The molecule has 0 heterocycles. The number of aliphatic hydroxyl groups excluding tert-OH is 1. The van der Waals surface area contributed by atoms with Crippen LogP contribution in [0.25, 0.3) is 0 Å². The monoisotopic (exact) mass is 292 g/mol. The highest BCUT2D eigenvalue weighted by Crippen LogP contribution is 2.61. The topological polar surface area (TPSA) is 40.5 Å². The molecule has 2 fully saturated rings. The number of hydrogen-bond donors (Lipinski definition) is 2. The fraction of sp³-hybridized carbons (Fsp3) is 0.895. The molecule has 2 saturated carbocycles. The second kappa shape index (κ2) is 5.09. The first-order chi connectivity index (χ1) is 9.81. The fourth-order valence-corrected chi connectivity index (χ4v) is 5.93. The zero-order valence-electron chi connectivity index (χ0n) is 14.0. The molecule has 2 N–H and O–H groups in total. The Morgan fingerprint density at radius 1 is 1.19 bits per heavy atom. The minimum absolute atomic E-state index is 0.284. The summed E-state index contributed by atoms with van der Waals surface area (Å²) in [4.78, 5) is 0. The molecular weight excluding hydrogens is 260 g/mol. The molecule has 0 radical (unpaired) electrons. The van der Waals surface area contributed by atoms with Crippen molar-refractivity contribution < 1.29 is 10.2 Å². The second-order valence-corrected chi connectivity index (χ2v) is 8.84. The van der Waals surface area contributed by atoms with Crippen molar-refractivity contribution in [3.05, 3.63) is 11.6 Å². The van der Waals surface area contributed by atoms with Gasteiger partial charge in [-0.2, -0.15) is 0 Å². The standard InChI is InChI=1S/C19H32O2/c1-17(11-12-20)10-7-15-14(13-17)5-6-16-18(15,2)8-4-9-19(16,3)21/h5,15-16,20-21H,4,6-13H2,1-3H3/t15-,16+,17+,18+,19+/m0/s1. The van der Waals surface area contributed by atoms with E-state index in [0.717, 1.165) is 32.1 Å². The van der Waals surface area contributed by atoms with E-state index in [-0.39, 0.29) is 10.8 Å². The zero-order chi connectivity index (χ0) is 15.3. The lowest BCUT2D eigenvalue weighted by molar-refractivity contribution is -0.121. The molecule has 120 valence electrons. The molecule has 0 aromatic carbocycles. The first-order valence-electron chi connectivity index (χ1n) is 8.83. The number of aliphatic hydroxyl groups is 2. The summed E-state index contributed by atoms with van der Waals surface area (Å²) in [6.45, 7) is 7.15. The van der Waals surface area contributed by atoms with Gasteiger partial charge in [0.2, 0.25) is 0 Å². The third-order valence-corrected chi connectivity index (χ3v) is 7.19. The summed E-state index contributed by atoms with van der Waals surface area (Å²) in [5, 5.41) is 20.2. The quantitative estimate of drug-likeness (QED) is 0.753. The molecule has 0 aliphatic heterocycles. The molecular formula is C19H32O2. The molecule has 0 unspecified atom stereocenters. The van der Waals surface area contributed by atoms with Crippen molar-refractivity contribution >= 4 is 0 Å². The van der Waals surface area contributed by atoms with E-state index < -0.39 is 5.60 Å². The largest absolute Gasteiger partial charge is 0.396 e. The Kier molecular flexibility index (Phi) is 3.77. The summed E-state index contributed by atoms with van der Waals surface area (Å²) in [5.74, 6) is 1.09. The smallest absolute Gasteiger partial charge is 0.0656 e. The average Bonchev–Trinajstić information content (AvgIpc) is 2.37. The highest BCUT2D eigenvalue weighted by atomic mass is 16.3. The Labute approximate surface area is 129 Å². The van der Waals surface area contributed by atoms with Crippen molar-refractivity contribution in [3.8, 4) is 0 Å².